The van der Waals surface area contributed by atoms with E-state index in [1.807, 2.05) is 18.2 Å². The molecule has 1 rings (SSSR count). The summed E-state index contributed by atoms with van der Waals surface area (Å²) in [7, 11) is 1.28. The molecular weight excluding hydrogens is 218 g/mol. The van der Waals surface area contributed by atoms with Gasteiger partial charge in [0.15, 0.2) is 5.71 Å². The summed E-state index contributed by atoms with van der Waals surface area (Å²) in [6.07, 6.45) is 3.14. The first-order chi connectivity index (χ1) is 8.27. The molecule has 1 N–H and O–H groups in total. The van der Waals surface area contributed by atoms with Gasteiger partial charge in [-0.3, -0.25) is 0 Å². The molecule has 0 amide bonds. The van der Waals surface area contributed by atoms with E-state index in [0.29, 0.717) is 6.42 Å². The summed E-state index contributed by atoms with van der Waals surface area (Å²) in [6.45, 7) is 0. The topological polar surface area (TPSA) is 58.9 Å². The molecule has 0 radical (unpaired) electrons. The molecule has 0 bridgehead atoms. The number of hydrogen-bond acceptors (Lipinski definition) is 4. The number of aryl methyl sites for hydroxylation is 1. The van der Waals surface area contributed by atoms with Crippen LogP contribution in [0.5, 0.6) is 0 Å². The second kappa shape index (κ2) is 7.44. The smallest absolute Gasteiger partial charge is 0.355 e. The minimum Gasteiger partial charge on any atom is -0.464 e. The summed E-state index contributed by atoms with van der Waals surface area (Å²) in [6, 6.07) is 10.1. The lowest BCUT2D eigenvalue weighted by Gasteiger charge is -2.03. The number of rotatable bonds is 6. The van der Waals surface area contributed by atoms with Crippen LogP contribution >= 0.6 is 0 Å². The summed E-state index contributed by atoms with van der Waals surface area (Å²) in [5.74, 6) is -0.563. The van der Waals surface area contributed by atoms with E-state index in [4.69, 9.17) is 5.21 Å². The number of oxime groups is 1. The first-order valence-electron chi connectivity index (χ1n) is 5.61. The average Bonchev–Trinajstić information content (AvgIpc) is 2.39. The summed E-state index contributed by atoms with van der Waals surface area (Å²) in [4.78, 5) is 11.1. The summed E-state index contributed by atoms with van der Waals surface area (Å²) < 4.78 is 4.49. The SMILES string of the molecule is COC(=O)C(CCCCc1ccccc1)=NO. The van der Waals surface area contributed by atoms with Crippen LogP contribution in [0.15, 0.2) is 35.5 Å². The summed E-state index contributed by atoms with van der Waals surface area (Å²) >= 11 is 0. The first-order valence-corrected chi connectivity index (χ1v) is 5.61. The third-order valence-electron chi connectivity index (χ3n) is 2.51. The minimum atomic E-state index is -0.563. The van der Waals surface area contributed by atoms with Crippen molar-refractivity contribution in [2.75, 3.05) is 7.11 Å². The monoisotopic (exact) mass is 235 g/mol. The van der Waals surface area contributed by atoms with Crippen molar-refractivity contribution in [1.82, 2.24) is 0 Å². The highest BCUT2D eigenvalue weighted by atomic mass is 16.5. The fourth-order valence-electron chi connectivity index (χ4n) is 1.58. The van der Waals surface area contributed by atoms with Crippen molar-refractivity contribution in [3.63, 3.8) is 0 Å². The van der Waals surface area contributed by atoms with Gasteiger partial charge < -0.3 is 9.94 Å². The molecule has 0 heterocycles. The lowest BCUT2D eigenvalue weighted by Crippen LogP contribution is -2.15. The largest absolute Gasteiger partial charge is 0.464 e. The molecule has 0 fully saturated rings. The Bertz CT molecular complexity index is 374. The van der Waals surface area contributed by atoms with Crippen molar-refractivity contribution in [2.45, 2.75) is 25.7 Å². The Morgan fingerprint density at radius 1 is 1.29 bits per heavy atom. The number of methoxy groups -OCH3 is 1. The van der Waals surface area contributed by atoms with Crippen LogP contribution in [0.25, 0.3) is 0 Å². The first kappa shape index (κ1) is 13.2. The maximum atomic E-state index is 11.1. The Hall–Kier alpha value is -1.84. The highest BCUT2D eigenvalue weighted by Gasteiger charge is 2.11. The van der Waals surface area contributed by atoms with E-state index >= 15 is 0 Å². The highest BCUT2D eigenvalue weighted by molar-refractivity contribution is 6.36. The normalized spacial score (nSPS) is 11.2. The highest BCUT2D eigenvalue weighted by Crippen LogP contribution is 2.07. The van der Waals surface area contributed by atoms with Gasteiger partial charge in [-0.05, 0) is 24.8 Å². The van der Waals surface area contributed by atoms with Crippen LogP contribution in [0.2, 0.25) is 0 Å². The van der Waals surface area contributed by atoms with E-state index in [0.717, 1.165) is 19.3 Å². The lowest BCUT2D eigenvalue weighted by atomic mass is 10.1. The number of carbonyl (C=O) groups excluding carboxylic acids is 1. The summed E-state index contributed by atoms with van der Waals surface area (Å²) in [5, 5.41) is 11.6. The van der Waals surface area contributed by atoms with Crippen LogP contribution in [0, 0.1) is 0 Å². The zero-order chi connectivity index (χ0) is 12.5. The zero-order valence-corrected chi connectivity index (χ0v) is 9.93. The lowest BCUT2D eigenvalue weighted by molar-refractivity contribution is -0.133. The second-order valence-electron chi connectivity index (χ2n) is 3.73. The molecule has 92 valence electrons. The third-order valence-corrected chi connectivity index (χ3v) is 2.51. The van der Waals surface area contributed by atoms with Crippen LogP contribution < -0.4 is 0 Å². The quantitative estimate of drug-likeness (QED) is 0.271. The van der Waals surface area contributed by atoms with Crippen molar-refractivity contribution < 1.29 is 14.7 Å². The Kier molecular flexibility index (Phi) is 5.79. The van der Waals surface area contributed by atoms with E-state index in [-0.39, 0.29) is 5.71 Å². The number of carbonyl (C=O) groups is 1. The molecule has 0 atom stereocenters. The number of esters is 1. The van der Waals surface area contributed by atoms with E-state index in [1.165, 1.54) is 12.7 Å². The Labute approximate surface area is 101 Å². The van der Waals surface area contributed by atoms with Gasteiger partial charge in [0, 0.05) is 6.42 Å². The molecule has 0 aliphatic rings. The van der Waals surface area contributed by atoms with E-state index < -0.39 is 5.97 Å². The Morgan fingerprint density at radius 3 is 2.59 bits per heavy atom. The van der Waals surface area contributed by atoms with Gasteiger partial charge in [0.25, 0.3) is 0 Å². The number of nitrogens with zero attached hydrogens (tertiary/aromatic N) is 1. The van der Waals surface area contributed by atoms with Crippen LogP contribution in [0.4, 0.5) is 0 Å². The van der Waals surface area contributed by atoms with Crippen molar-refractivity contribution in [2.24, 2.45) is 5.16 Å². The predicted octanol–water partition coefficient (Wildman–Crippen LogP) is 2.40. The maximum absolute atomic E-state index is 11.1. The van der Waals surface area contributed by atoms with Crippen LogP contribution in [-0.2, 0) is 16.0 Å². The second-order valence-corrected chi connectivity index (χ2v) is 3.73. The third kappa shape index (κ3) is 4.68. The molecule has 4 nitrogen and oxygen atoms in total. The van der Waals surface area contributed by atoms with E-state index in [9.17, 15) is 4.79 Å². The predicted molar refractivity (Wildman–Crippen MR) is 65.2 cm³/mol. The molecule has 0 aromatic heterocycles. The van der Waals surface area contributed by atoms with Crippen molar-refractivity contribution >= 4 is 11.7 Å². The van der Waals surface area contributed by atoms with Gasteiger partial charge in [-0.15, -0.1) is 0 Å². The van der Waals surface area contributed by atoms with Crippen LogP contribution in [0.3, 0.4) is 0 Å². The average molecular weight is 235 g/mol. The van der Waals surface area contributed by atoms with Gasteiger partial charge in [0.2, 0.25) is 0 Å². The van der Waals surface area contributed by atoms with Crippen molar-refractivity contribution in [3.05, 3.63) is 35.9 Å². The fraction of sp³-hybridized carbons (Fsp3) is 0.385. The van der Waals surface area contributed by atoms with Gasteiger partial charge in [-0.2, -0.15) is 0 Å². The number of hydrogen-bond donors (Lipinski definition) is 1. The van der Waals surface area contributed by atoms with Crippen LogP contribution in [-0.4, -0.2) is 24.0 Å². The molecule has 0 saturated carbocycles. The fourth-order valence-corrected chi connectivity index (χ4v) is 1.58. The number of benzene rings is 1. The molecule has 0 spiro atoms. The minimum absolute atomic E-state index is 0.0839. The molecular formula is C13H17NO3. The Morgan fingerprint density at radius 2 is 2.00 bits per heavy atom. The van der Waals surface area contributed by atoms with E-state index in [2.05, 4.69) is 22.0 Å². The van der Waals surface area contributed by atoms with Gasteiger partial charge in [0.05, 0.1) is 7.11 Å². The van der Waals surface area contributed by atoms with Crippen LogP contribution in [0.1, 0.15) is 24.8 Å². The summed E-state index contributed by atoms with van der Waals surface area (Å²) in [5.41, 5.74) is 1.36. The maximum Gasteiger partial charge on any atom is 0.355 e. The zero-order valence-electron chi connectivity index (χ0n) is 9.93. The van der Waals surface area contributed by atoms with Crippen molar-refractivity contribution in [3.8, 4) is 0 Å². The van der Waals surface area contributed by atoms with Crippen molar-refractivity contribution in [1.29, 1.82) is 0 Å². The van der Waals surface area contributed by atoms with E-state index in [1.54, 1.807) is 0 Å². The molecule has 0 aliphatic heterocycles. The van der Waals surface area contributed by atoms with Gasteiger partial charge in [-0.25, -0.2) is 4.79 Å². The molecule has 0 unspecified atom stereocenters. The van der Waals surface area contributed by atoms with Gasteiger partial charge >= 0.3 is 5.97 Å². The standard InChI is InChI=1S/C13H17NO3/c1-17-13(15)12(14-16)10-6-5-9-11-7-3-2-4-8-11/h2-4,7-8,16H,5-6,9-10H2,1H3. The molecule has 1 aromatic rings. The number of unbranched alkanes of at least 4 members (excludes halogenated alkanes) is 1. The van der Waals surface area contributed by atoms with Gasteiger partial charge in [-0.1, -0.05) is 35.5 Å². The molecule has 0 aliphatic carbocycles. The van der Waals surface area contributed by atoms with Gasteiger partial charge in [0.1, 0.15) is 0 Å². The molecule has 17 heavy (non-hydrogen) atoms. The molecule has 0 saturated heterocycles. The molecule has 4 heteroatoms. The Balaban J connectivity index is 2.26. The number of ether oxygens (including phenoxy) is 1. The molecule has 1 aromatic carbocycles.